The fourth-order valence-corrected chi connectivity index (χ4v) is 2.93. The van der Waals surface area contributed by atoms with Crippen LogP contribution in [0, 0.1) is 0 Å². The summed E-state index contributed by atoms with van der Waals surface area (Å²) in [6.07, 6.45) is 0. The van der Waals surface area contributed by atoms with Crippen LogP contribution in [-0.4, -0.2) is 16.7 Å². The van der Waals surface area contributed by atoms with E-state index in [9.17, 15) is 9.59 Å². The minimum absolute atomic E-state index is 0.132. The number of aromatic nitrogens is 2. The average Bonchev–Trinajstić information content (AvgIpc) is 2.51. The fraction of sp³-hybridized carbons (Fsp3) is 0.125. The predicted octanol–water partition coefficient (Wildman–Crippen LogP) is 3.05. The van der Waals surface area contributed by atoms with Crippen molar-refractivity contribution in [1.29, 1.82) is 0 Å². The predicted molar refractivity (Wildman–Crippen MR) is 90.9 cm³/mol. The minimum Gasteiger partial charge on any atom is -0.497 e. The van der Waals surface area contributed by atoms with Crippen LogP contribution in [0.1, 0.15) is 5.56 Å². The summed E-state index contributed by atoms with van der Waals surface area (Å²) in [5.41, 5.74) is 0.143. The van der Waals surface area contributed by atoms with Gasteiger partial charge in [0.1, 0.15) is 5.75 Å². The van der Waals surface area contributed by atoms with E-state index in [4.69, 9.17) is 27.9 Å². The van der Waals surface area contributed by atoms with E-state index in [0.717, 1.165) is 10.1 Å². The molecule has 7 heteroatoms. The molecule has 0 unspecified atom stereocenters. The molecule has 0 saturated carbocycles. The van der Waals surface area contributed by atoms with Crippen molar-refractivity contribution in [2.75, 3.05) is 7.11 Å². The third kappa shape index (κ3) is 2.98. The molecule has 3 rings (SSSR count). The summed E-state index contributed by atoms with van der Waals surface area (Å²) in [6, 6.07) is 10.1. The highest BCUT2D eigenvalue weighted by Gasteiger charge is 2.12. The van der Waals surface area contributed by atoms with Crippen molar-refractivity contribution < 1.29 is 4.74 Å². The van der Waals surface area contributed by atoms with E-state index in [1.165, 1.54) is 12.1 Å². The lowest BCUT2D eigenvalue weighted by molar-refractivity contribution is 0.414. The first-order chi connectivity index (χ1) is 11.0. The topological polar surface area (TPSA) is 64.1 Å². The van der Waals surface area contributed by atoms with Gasteiger partial charge in [0.05, 0.1) is 29.6 Å². The maximum atomic E-state index is 12.6. The lowest BCUT2D eigenvalue weighted by Crippen LogP contribution is -2.35. The van der Waals surface area contributed by atoms with E-state index in [1.807, 2.05) is 0 Å². The Hall–Kier alpha value is -2.24. The number of nitrogens with one attached hydrogen (secondary N) is 1. The van der Waals surface area contributed by atoms with Crippen molar-refractivity contribution in [3.8, 4) is 5.75 Å². The molecule has 0 spiro atoms. The molecule has 0 amide bonds. The lowest BCUT2D eigenvalue weighted by atomic mass is 10.2. The molecular weight excluding hydrogens is 339 g/mol. The smallest absolute Gasteiger partial charge is 0.329 e. The molecule has 0 atom stereocenters. The normalized spacial score (nSPS) is 10.9. The van der Waals surface area contributed by atoms with Crippen LogP contribution in [0.4, 0.5) is 0 Å². The van der Waals surface area contributed by atoms with E-state index in [1.54, 1.807) is 31.4 Å². The summed E-state index contributed by atoms with van der Waals surface area (Å²) >= 11 is 12.0. The highest BCUT2D eigenvalue weighted by Crippen LogP contribution is 2.23. The first kappa shape index (κ1) is 15.6. The Bertz CT molecular complexity index is 991. The van der Waals surface area contributed by atoms with Crippen LogP contribution in [0.2, 0.25) is 10.0 Å². The van der Waals surface area contributed by atoms with Gasteiger partial charge in [-0.05, 0) is 29.8 Å². The molecule has 1 aromatic heterocycles. The monoisotopic (exact) mass is 350 g/mol. The second kappa shape index (κ2) is 6.10. The molecule has 2 aromatic carbocycles. The second-order valence-electron chi connectivity index (χ2n) is 4.98. The summed E-state index contributed by atoms with van der Waals surface area (Å²) in [6.45, 7) is 0.132. The number of aromatic amines is 1. The summed E-state index contributed by atoms with van der Waals surface area (Å²) in [5, 5.41) is 0.798. The number of hydrogen-bond donors (Lipinski definition) is 1. The first-order valence-corrected chi connectivity index (χ1v) is 7.50. The van der Waals surface area contributed by atoms with Gasteiger partial charge in [0.2, 0.25) is 0 Å². The van der Waals surface area contributed by atoms with Gasteiger partial charge in [-0.2, -0.15) is 0 Å². The van der Waals surface area contributed by atoms with Gasteiger partial charge >= 0.3 is 5.69 Å². The maximum Gasteiger partial charge on any atom is 0.329 e. The zero-order chi connectivity index (χ0) is 16.6. The standard InChI is InChI=1S/C16H12Cl2N2O3/c1-23-11-4-2-9(3-5-11)8-20-15(21)14-12(18)6-10(17)7-13(14)19-16(20)22/h2-7H,8H2,1H3,(H,19,22). The van der Waals surface area contributed by atoms with Crippen LogP contribution in [0.3, 0.4) is 0 Å². The molecule has 5 nitrogen and oxygen atoms in total. The van der Waals surface area contributed by atoms with Crippen molar-refractivity contribution in [2.45, 2.75) is 6.54 Å². The number of fused-ring (bicyclic) bond motifs is 1. The largest absolute Gasteiger partial charge is 0.497 e. The van der Waals surface area contributed by atoms with E-state index >= 15 is 0 Å². The Morgan fingerprint density at radius 2 is 1.83 bits per heavy atom. The van der Waals surface area contributed by atoms with Gasteiger partial charge in [0.25, 0.3) is 5.56 Å². The average molecular weight is 351 g/mol. The highest BCUT2D eigenvalue weighted by molar-refractivity contribution is 6.38. The van der Waals surface area contributed by atoms with Gasteiger partial charge in [-0.1, -0.05) is 35.3 Å². The van der Waals surface area contributed by atoms with Crippen molar-refractivity contribution in [2.24, 2.45) is 0 Å². The summed E-state index contributed by atoms with van der Waals surface area (Å²) in [4.78, 5) is 27.4. The van der Waals surface area contributed by atoms with E-state index < -0.39 is 11.2 Å². The van der Waals surface area contributed by atoms with Gasteiger partial charge in [-0.3, -0.25) is 9.36 Å². The molecular formula is C16H12Cl2N2O3. The Morgan fingerprint density at radius 3 is 2.48 bits per heavy atom. The van der Waals surface area contributed by atoms with Crippen LogP contribution < -0.4 is 16.0 Å². The quantitative estimate of drug-likeness (QED) is 0.789. The second-order valence-corrected chi connectivity index (χ2v) is 5.82. The van der Waals surface area contributed by atoms with Crippen molar-refractivity contribution >= 4 is 34.1 Å². The number of ether oxygens (including phenoxy) is 1. The van der Waals surface area contributed by atoms with Crippen molar-refractivity contribution in [1.82, 2.24) is 9.55 Å². The zero-order valence-electron chi connectivity index (χ0n) is 12.1. The molecule has 0 saturated heterocycles. The number of benzene rings is 2. The summed E-state index contributed by atoms with van der Waals surface area (Å²) < 4.78 is 6.19. The number of rotatable bonds is 3. The van der Waals surface area contributed by atoms with Gasteiger partial charge < -0.3 is 9.72 Å². The van der Waals surface area contributed by atoms with Gasteiger partial charge in [-0.15, -0.1) is 0 Å². The van der Waals surface area contributed by atoms with Crippen LogP contribution in [0.15, 0.2) is 46.0 Å². The highest BCUT2D eigenvalue weighted by atomic mass is 35.5. The Morgan fingerprint density at radius 1 is 1.13 bits per heavy atom. The van der Waals surface area contributed by atoms with Crippen LogP contribution in [0.25, 0.3) is 10.9 Å². The molecule has 0 fully saturated rings. The maximum absolute atomic E-state index is 12.6. The zero-order valence-corrected chi connectivity index (χ0v) is 13.6. The van der Waals surface area contributed by atoms with Crippen LogP contribution >= 0.6 is 23.2 Å². The number of H-pyrrole nitrogens is 1. The number of methoxy groups -OCH3 is 1. The molecule has 0 aliphatic heterocycles. The number of halogens is 2. The van der Waals surface area contributed by atoms with Gasteiger partial charge in [-0.25, -0.2) is 4.79 Å². The third-order valence-electron chi connectivity index (χ3n) is 3.50. The van der Waals surface area contributed by atoms with Crippen LogP contribution in [0.5, 0.6) is 5.75 Å². The first-order valence-electron chi connectivity index (χ1n) is 6.74. The molecule has 118 valence electrons. The third-order valence-corrected chi connectivity index (χ3v) is 4.02. The van der Waals surface area contributed by atoms with Crippen LogP contribution in [-0.2, 0) is 6.54 Å². The molecule has 0 radical (unpaired) electrons. The number of hydrogen-bond acceptors (Lipinski definition) is 3. The Labute approximate surface area is 141 Å². The van der Waals surface area contributed by atoms with Crippen molar-refractivity contribution in [3.05, 3.63) is 72.8 Å². The molecule has 0 bridgehead atoms. The molecule has 23 heavy (non-hydrogen) atoms. The van der Waals surface area contributed by atoms with E-state index in [0.29, 0.717) is 16.3 Å². The molecule has 1 N–H and O–H groups in total. The Kier molecular flexibility index (Phi) is 4.15. The SMILES string of the molecule is COc1ccc(Cn2c(=O)[nH]c3cc(Cl)cc(Cl)c3c2=O)cc1. The van der Waals surface area contributed by atoms with Gasteiger partial charge in [0.15, 0.2) is 0 Å². The molecule has 0 aliphatic carbocycles. The summed E-state index contributed by atoms with van der Waals surface area (Å²) in [7, 11) is 1.57. The molecule has 0 aliphatic rings. The summed E-state index contributed by atoms with van der Waals surface area (Å²) in [5.74, 6) is 0.700. The van der Waals surface area contributed by atoms with E-state index in [2.05, 4.69) is 4.98 Å². The fourth-order valence-electron chi connectivity index (χ4n) is 2.36. The molecule has 1 heterocycles. The Balaban J connectivity index is 2.14. The molecule has 3 aromatic rings. The van der Waals surface area contributed by atoms with E-state index in [-0.39, 0.29) is 17.0 Å². The van der Waals surface area contributed by atoms with Crippen molar-refractivity contribution in [3.63, 3.8) is 0 Å². The van der Waals surface area contributed by atoms with Gasteiger partial charge in [0, 0.05) is 5.02 Å². The number of nitrogens with zero attached hydrogens (tertiary/aromatic N) is 1. The lowest BCUT2D eigenvalue weighted by Gasteiger charge is -2.08. The minimum atomic E-state index is -0.517.